The van der Waals surface area contributed by atoms with E-state index in [1.165, 1.54) is 0 Å². The molecule has 78 valence electrons. The molecule has 5 nitrogen and oxygen atoms in total. The summed E-state index contributed by atoms with van der Waals surface area (Å²) in [6.45, 7) is 1.90. The van der Waals surface area contributed by atoms with Gasteiger partial charge in [-0.25, -0.2) is 4.98 Å². The quantitative estimate of drug-likeness (QED) is 0.774. The fourth-order valence-corrected chi connectivity index (χ4v) is 1.41. The maximum atomic E-state index is 5.76. The van der Waals surface area contributed by atoms with E-state index >= 15 is 0 Å². The lowest BCUT2D eigenvalue weighted by molar-refractivity contribution is 0.397. The number of nitrogens with one attached hydrogen (secondary N) is 1. The maximum absolute atomic E-state index is 5.76. The number of nitrogen functional groups attached to an aromatic ring is 1. The second-order valence-electron chi connectivity index (χ2n) is 3.24. The Bertz CT molecular complexity index is 478. The van der Waals surface area contributed by atoms with Gasteiger partial charge in [-0.2, -0.15) is 5.10 Å². The van der Waals surface area contributed by atoms with Gasteiger partial charge in [-0.3, -0.25) is 5.10 Å². The fourth-order valence-electron chi connectivity index (χ4n) is 1.41. The standard InChI is InChI=1S/C10H12N4O/c1-6-3-7(4-9(13-6)15-2)10-8(11)5-12-14-10/h3-5H,11H2,1-2H3,(H,12,14). The van der Waals surface area contributed by atoms with Crippen molar-refractivity contribution in [2.75, 3.05) is 12.8 Å². The first kappa shape index (κ1) is 9.51. The summed E-state index contributed by atoms with van der Waals surface area (Å²) in [5.41, 5.74) is 8.96. The van der Waals surface area contributed by atoms with Gasteiger partial charge in [0.25, 0.3) is 0 Å². The molecule has 2 rings (SSSR count). The van der Waals surface area contributed by atoms with Crippen LogP contribution in [0.2, 0.25) is 0 Å². The van der Waals surface area contributed by atoms with Gasteiger partial charge < -0.3 is 10.5 Å². The Hall–Kier alpha value is -2.04. The van der Waals surface area contributed by atoms with E-state index in [0.29, 0.717) is 11.6 Å². The third-order valence-electron chi connectivity index (χ3n) is 2.10. The summed E-state index contributed by atoms with van der Waals surface area (Å²) in [5, 5.41) is 6.71. The second kappa shape index (κ2) is 3.61. The van der Waals surface area contributed by atoms with Gasteiger partial charge in [0.05, 0.1) is 24.7 Å². The Morgan fingerprint density at radius 1 is 1.40 bits per heavy atom. The minimum atomic E-state index is 0.569. The van der Waals surface area contributed by atoms with E-state index in [-0.39, 0.29) is 0 Å². The van der Waals surface area contributed by atoms with Crippen LogP contribution < -0.4 is 10.5 Å². The Morgan fingerprint density at radius 3 is 2.80 bits per heavy atom. The molecule has 0 atom stereocenters. The highest BCUT2D eigenvalue weighted by Gasteiger charge is 2.07. The van der Waals surface area contributed by atoms with Gasteiger partial charge >= 0.3 is 0 Å². The minimum absolute atomic E-state index is 0.569. The lowest BCUT2D eigenvalue weighted by Gasteiger charge is -2.04. The Labute approximate surface area is 87.3 Å². The zero-order valence-corrected chi connectivity index (χ0v) is 8.61. The van der Waals surface area contributed by atoms with E-state index in [1.54, 1.807) is 13.3 Å². The number of methoxy groups -OCH3 is 1. The monoisotopic (exact) mass is 204 g/mol. The van der Waals surface area contributed by atoms with Crippen LogP contribution in [0.3, 0.4) is 0 Å². The molecule has 3 N–H and O–H groups in total. The van der Waals surface area contributed by atoms with Gasteiger partial charge in [0, 0.05) is 17.3 Å². The molecule has 0 saturated carbocycles. The molecular formula is C10H12N4O. The van der Waals surface area contributed by atoms with Crippen molar-refractivity contribution in [3.63, 3.8) is 0 Å². The van der Waals surface area contributed by atoms with Gasteiger partial charge in [0.15, 0.2) is 0 Å². The number of aromatic nitrogens is 3. The van der Waals surface area contributed by atoms with Crippen LogP contribution in [-0.2, 0) is 0 Å². The molecule has 15 heavy (non-hydrogen) atoms. The molecule has 0 amide bonds. The number of anilines is 1. The number of hydrogen-bond donors (Lipinski definition) is 2. The summed E-state index contributed by atoms with van der Waals surface area (Å²) in [7, 11) is 1.59. The van der Waals surface area contributed by atoms with Crippen LogP contribution in [0.15, 0.2) is 18.3 Å². The van der Waals surface area contributed by atoms with Crippen molar-refractivity contribution in [3.8, 4) is 17.1 Å². The average molecular weight is 204 g/mol. The van der Waals surface area contributed by atoms with Crippen molar-refractivity contribution in [1.29, 1.82) is 0 Å². The summed E-state index contributed by atoms with van der Waals surface area (Å²) >= 11 is 0. The van der Waals surface area contributed by atoms with Crippen LogP contribution in [0, 0.1) is 6.92 Å². The van der Waals surface area contributed by atoms with E-state index in [9.17, 15) is 0 Å². The first-order valence-corrected chi connectivity index (χ1v) is 4.52. The topological polar surface area (TPSA) is 76.8 Å². The number of aryl methyl sites for hydroxylation is 1. The third kappa shape index (κ3) is 1.76. The summed E-state index contributed by atoms with van der Waals surface area (Å²) in [4.78, 5) is 4.19. The van der Waals surface area contributed by atoms with Crippen LogP contribution >= 0.6 is 0 Å². The number of nitrogens with zero attached hydrogens (tertiary/aromatic N) is 2. The number of pyridine rings is 1. The predicted molar refractivity (Wildman–Crippen MR) is 57.5 cm³/mol. The number of nitrogens with two attached hydrogens (primary N) is 1. The second-order valence-corrected chi connectivity index (χ2v) is 3.24. The van der Waals surface area contributed by atoms with E-state index < -0.39 is 0 Å². The van der Waals surface area contributed by atoms with E-state index in [0.717, 1.165) is 17.0 Å². The highest BCUT2D eigenvalue weighted by molar-refractivity contribution is 5.72. The van der Waals surface area contributed by atoms with Crippen LogP contribution in [0.4, 0.5) is 5.69 Å². The smallest absolute Gasteiger partial charge is 0.213 e. The number of ether oxygens (including phenoxy) is 1. The molecule has 0 aromatic carbocycles. The van der Waals surface area contributed by atoms with Crippen molar-refractivity contribution < 1.29 is 4.74 Å². The molecule has 0 saturated heterocycles. The first-order valence-electron chi connectivity index (χ1n) is 4.52. The zero-order chi connectivity index (χ0) is 10.8. The van der Waals surface area contributed by atoms with Crippen LogP contribution in [-0.4, -0.2) is 22.3 Å². The zero-order valence-electron chi connectivity index (χ0n) is 8.61. The largest absolute Gasteiger partial charge is 0.481 e. The third-order valence-corrected chi connectivity index (χ3v) is 2.10. The molecule has 0 radical (unpaired) electrons. The molecular weight excluding hydrogens is 192 g/mol. The Balaban J connectivity index is 2.53. The maximum Gasteiger partial charge on any atom is 0.213 e. The first-order chi connectivity index (χ1) is 7.20. The van der Waals surface area contributed by atoms with Crippen molar-refractivity contribution in [2.45, 2.75) is 6.92 Å². The van der Waals surface area contributed by atoms with Crippen LogP contribution in [0.1, 0.15) is 5.69 Å². The van der Waals surface area contributed by atoms with E-state index in [4.69, 9.17) is 10.5 Å². The Morgan fingerprint density at radius 2 is 2.20 bits per heavy atom. The molecule has 0 unspecified atom stereocenters. The molecule has 0 fully saturated rings. The van der Waals surface area contributed by atoms with Crippen molar-refractivity contribution in [3.05, 3.63) is 24.0 Å². The molecule has 2 aromatic heterocycles. The van der Waals surface area contributed by atoms with Gasteiger partial charge in [0.1, 0.15) is 0 Å². The highest BCUT2D eigenvalue weighted by Crippen LogP contribution is 2.25. The molecule has 2 heterocycles. The molecule has 2 aromatic rings. The molecule has 0 aliphatic rings. The molecule has 0 aliphatic heterocycles. The SMILES string of the molecule is COc1cc(-c2[nH]ncc2N)cc(C)n1. The average Bonchev–Trinajstić information content (AvgIpc) is 2.63. The van der Waals surface area contributed by atoms with Gasteiger partial charge in [0.2, 0.25) is 5.88 Å². The van der Waals surface area contributed by atoms with E-state index in [2.05, 4.69) is 15.2 Å². The fraction of sp³-hybridized carbons (Fsp3) is 0.200. The van der Waals surface area contributed by atoms with Crippen LogP contribution in [0.5, 0.6) is 5.88 Å². The summed E-state index contributed by atoms with van der Waals surface area (Å²) in [5.74, 6) is 0.569. The molecule has 5 heteroatoms. The minimum Gasteiger partial charge on any atom is -0.481 e. The van der Waals surface area contributed by atoms with Crippen LogP contribution in [0.25, 0.3) is 11.3 Å². The van der Waals surface area contributed by atoms with Gasteiger partial charge in [-0.15, -0.1) is 0 Å². The van der Waals surface area contributed by atoms with E-state index in [1.807, 2.05) is 19.1 Å². The normalized spacial score (nSPS) is 10.3. The van der Waals surface area contributed by atoms with Gasteiger partial charge in [-0.1, -0.05) is 0 Å². The van der Waals surface area contributed by atoms with Crippen molar-refractivity contribution >= 4 is 5.69 Å². The molecule has 0 aliphatic carbocycles. The number of hydrogen-bond acceptors (Lipinski definition) is 4. The lowest BCUT2D eigenvalue weighted by atomic mass is 10.1. The highest BCUT2D eigenvalue weighted by atomic mass is 16.5. The lowest BCUT2D eigenvalue weighted by Crippen LogP contribution is -1.93. The number of aromatic amines is 1. The van der Waals surface area contributed by atoms with Gasteiger partial charge in [-0.05, 0) is 13.0 Å². The molecule has 0 spiro atoms. The summed E-state index contributed by atoms with van der Waals surface area (Å²) in [6.07, 6.45) is 1.58. The number of rotatable bonds is 2. The molecule has 0 bridgehead atoms. The van der Waals surface area contributed by atoms with Crippen molar-refractivity contribution in [1.82, 2.24) is 15.2 Å². The number of H-pyrrole nitrogens is 1. The Kier molecular flexibility index (Phi) is 2.29. The predicted octanol–water partition coefficient (Wildman–Crippen LogP) is 1.37. The summed E-state index contributed by atoms with van der Waals surface area (Å²) < 4.78 is 5.09. The van der Waals surface area contributed by atoms with Crippen molar-refractivity contribution in [2.24, 2.45) is 0 Å². The summed E-state index contributed by atoms with van der Waals surface area (Å²) in [6, 6.07) is 3.74.